The average Bonchev–Trinajstić information content (AvgIpc) is 2.71. The van der Waals surface area contributed by atoms with Crippen LogP contribution in [-0.4, -0.2) is 14.9 Å². The summed E-state index contributed by atoms with van der Waals surface area (Å²) in [7, 11) is 1.86. The molecule has 2 aromatic heterocycles. The first-order chi connectivity index (χ1) is 7.09. The topological polar surface area (TPSA) is 69.9 Å². The molecule has 0 radical (unpaired) electrons. The summed E-state index contributed by atoms with van der Waals surface area (Å²) in [6, 6.07) is 1.89. The van der Waals surface area contributed by atoms with Crippen LogP contribution in [0.15, 0.2) is 16.8 Å². The minimum atomic E-state index is 0.272. The van der Waals surface area contributed by atoms with Gasteiger partial charge in [0.25, 0.3) is 0 Å². The Kier molecular flexibility index (Phi) is 2.22. The number of nitrogens with two attached hydrogens (primary N) is 1. The molecule has 0 aliphatic carbocycles. The van der Waals surface area contributed by atoms with Crippen LogP contribution in [0.4, 0.5) is 5.88 Å². The van der Waals surface area contributed by atoms with Crippen molar-refractivity contribution in [3.05, 3.63) is 17.8 Å². The van der Waals surface area contributed by atoms with Gasteiger partial charge in [-0.3, -0.25) is 4.68 Å². The lowest BCUT2D eigenvalue weighted by Gasteiger charge is -2.02. The van der Waals surface area contributed by atoms with Crippen LogP contribution in [0.25, 0.3) is 11.4 Å². The van der Waals surface area contributed by atoms with Gasteiger partial charge in [0.05, 0.1) is 0 Å². The summed E-state index contributed by atoms with van der Waals surface area (Å²) in [4.78, 5) is 0. The largest absolute Gasteiger partial charge is 0.367 e. The zero-order valence-corrected chi connectivity index (χ0v) is 9.06. The van der Waals surface area contributed by atoms with Gasteiger partial charge in [-0.05, 0) is 12.0 Å². The van der Waals surface area contributed by atoms with Gasteiger partial charge in [-0.15, -0.1) is 0 Å². The van der Waals surface area contributed by atoms with Gasteiger partial charge in [-0.1, -0.05) is 19.0 Å². The van der Waals surface area contributed by atoms with E-state index in [0.717, 1.165) is 17.0 Å². The molecular formula is C10H14N4O. The predicted molar refractivity (Wildman–Crippen MR) is 57.2 cm³/mol. The Labute approximate surface area is 87.9 Å². The number of rotatable bonds is 2. The van der Waals surface area contributed by atoms with Gasteiger partial charge in [-0.25, -0.2) is 0 Å². The van der Waals surface area contributed by atoms with E-state index in [1.54, 1.807) is 4.68 Å². The molecule has 0 saturated heterocycles. The van der Waals surface area contributed by atoms with Crippen LogP contribution in [0.5, 0.6) is 0 Å². The molecule has 0 amide bonds. The number of nitrogens with zero attached hydrogens (tertiary/aromatic N) is 3. The van der Waals surface area contributed by atoms with Crippen LogP contribution < -0.4 is 5.73 Å². The lowest BCUT2D eigenvalue weighted by Crippen LogP contribution is -1.95. The summed E-state index contributed by atoms with van der Waals surface area (Å²) < 4.78 is 6.73. The highest BCUT2D eigenvalue weighted by atomic mass is 16.5. The number of anilines is 1. The van der Waals surface area contributed by atoms with Crippen LogP contribution >= 0.6 is 0 Å². The van der Waals surface area contributed by atoms with Crippen molar-refractivity contribution in [2.75, 3.05) is 5.73 Å². The Morgan fingerprint density at radius 2 is 2.20 bits per heavy atom. The van der Waals surface area contributed by atoms with E-state index in [9.17, 15) is 0 Å². The maximum absolute atomic E-state index is 5.72. The van der Waals surface area contributed by atoms with Crippen molar-refractivity contribution in [2.24, 2.45) is 7.05 Å². The monoisotopic (exact) mass is 206 g/mol. The predicted octanol–water partition coefficient (Wildman–Crippen LogP) is 1.78. The molecule has 0 aliphatic rings. The minimum Gasteiger partial charge on any atom is -0.367 e. The lowest BCUT2D eigenvalue weighted by atomic mass is 10.0. The molecule has 80 valence electrons. The number of nitrogen functional groups attached to an aromatic ring is 1. The first-order valence-corrected chi connectivity index (χ1v) is 4.84. The van der Waals surface area contributed by atoms with Gasteiger partial charge in [0.2, 0.25) is 5.88 Å². The van der Waals surface area contributed by atoms with Crippen LogP contribution in [0.2, 0.25) is 0 Å². The van der Waals surface area contributed by atoms with E-state index in [1.165, 1.54) is 0 Å². The van der Waals surface area contributed by atoms with Crippen molar-refractivity contribution < 1.29 is 4.52 Å². The third-order valence-electron chi connectivity index (χ3n) is 2.29. The van der Waals surface area contributed by atoms with Gasteiger partial charge in [0.1, 0.15) is 11.4 Å². The summed E-state index contributed by atoms with van der Waals surface area (Å²) in [5.41, 5.74) is 8.18. The Bertz CT molecular complexity index is 469. The van der Waals surface area contributed by atoms with Crippen LogP contribution in [0, 0.1) is 0 Å². The number of hydrogen-bond acceptors (Lipinski definition) is 4. The summed E-state index contributed by atoms with van der Waals surface area (Å²) in [5.74, 6) is 0.652. The summed E-state index contributed by atoms with van der Waals surface area (Å²) >= 11 is 0. The molecule has 2 heterocycles. The number of aromatic nitrogens is 3. The summed E-state index contributed by atoms with van der Waals surface area (Å²) in [6.07, 6.45) is 1.87. The van der Waals surface area contributed by atoms with Crippen LogP contribution in [0.1, 0.15) is 25.3 Å². The van der Waals surface area contributed by atoms with Crippen molar-refractivity contribution >= 4 is 5.88 Å². The fourth-order valence-electron chi connectivity index (χ4n) is 1.59. The highest BCUT2D eigenvalue weighted by molar-refractivity contribution is 5.64. The molecule has 0 spiro atoms. The third kappa shape index (κ3) is 1.60. The standard InChI is InChI=1S/C10H14N4O/c1-6(2)8-9(13-15-10(8)11)7-4-5-14(3)12-7/h4-6H,11H2,1-3H3. The van der Waals surface area contributed by atoms with E-state index in [0.29, 0.717) is 5.88 Å². The first-order valence-electron chi connectivity index (χ1n) is 4.84. The molecule has 5 heteroatoms. The molecule has 0 saturated carbocycles. The second kappa shape index (κ2) is 3.42. The number of aryl methyl sites for hydroxylation is 1. The van der Waals surface area contributed by atoms with Gasteiger partial charge in [0.15, 0.2) is 0 Å². The fourth-order valence-corrected chi connectivity index (χ4v) is 1.59. The molecule has 0 unspecified atom stereocenters. The van der Waals surface area contributed by atoms with Gasteiger partial charge in [-0.2, -0.15) is 5.10 Å². The van der Waals surface area contributed by atoms with Crippen LogP contribution in [0.3, 0.4) is 0 Å². The highest BCUT2D eigenvalue weighted by Gasteiger charge is 2.19. The van der Waals surface area contributed by atoms with E-state index in [2.05, 4.69) is 24.1 Å². The van der Waals surface area contributed by atoms with Gasteiger partial charge in [0, 0.05) is 18.8 Å². The second-order valence-corrected chi connectivity index (χ2v) is 3.84. The maximum Gasteiger partial charge on any atom is 0.226 e. The third-order valence-corrected chi connectivity index (χ3v) is 2.29. The normalized spacial score (nSPS) is 11.2. The molecule has 0 atom stereocenters. The van der Waals surface area contributed by atoms with Gasteiger partial charge >= 0.3 is 0 Å². The Morgan fingerprint density at radius 3 is 2.73 bits per heavy atom. The smallest absolute Gasteiger partial charge is 0.226 e. The summed E-state index contributed by atoms with van der Waals surface area (Å²) in [6.45, 7) is 4.10. The maximum atomic E-state index is 5.72. The molecule has 0 fully saturated rings. The molecule has 2 aromatic rings. The van der Waals surface area contributed by atoms with E-state index in [-0.39, 0.29) is 5.92 Å². The van der Waals surface area contributed by atoms with Gasteiger partial charge < -0.3 is 10.3 Å². The van der Waals surface area contributed by atoms with Crippen molar-refractivity contribution in [3.63, 3.8) is 0 Å². The molecule has 5 nitrogen and oxygen atoms in total. The molecule has 2 rings (SSSR count). The second-order valence-electron chi connectivity index (χ2n) is 3.84. The summed E-state index contributed by atoms with van der Waals surface area (Å²) in [5, 5.41) is 8.22. The fraction of sp³-hybridized carbons (Fsp3) is 0.400. The quantitative estimate of drug-likeness (QED) is 0.813. The zero-order chi connectivity index (χ0) is 11.0. The molecule has 2 N–H and O–H groups in total. The number of hydrogen-bond donors (Lipinski definition) is 1. The van der Waals surface area contributed by atoms with Crippen molar-refractivity contribution in [2.45, 2.75) is 19.8 Å². The Hall–Kier alpha value is -1.78. The Morgan fingerprint density at radius 1 is 1.47 bits per heavy atom. The van der Waals surface area contributed by atoms with E-state index in [4.69, 9.17) is 10.3 Å². The molecule has 0 bridgehead atoms. The molecular weight excluding hydrogens is 192 g/mol. The first kappa shape index (κ1) is 9.76. The van der Waals surface area contributed by atoms with E-state index in [1.807, 2.05) is 19.3 Å². The van der Waals surface area contributed by atoms with Crippen LogP contribution in [-0.2, 0) is 7.05 Å². The molecule has 15 heavy (non-hydrogen) atoms. The van der Waals surface area contributed by atoms with Crippen molar-refractivity contribution in [1.29, 1.82) is 0 Å². The Balaban J connectivity index is 2.53. The molecule has 0 aromatic carbocycles. The SMILES string of the molecule is CC(C)c1c(-c2ccn(C)n2)noc1N. The molecule has 0 aliphatic heterocycles. The zero-order valence-electron chi connectivity index (χ0n) is 9.06. The minimum absolute atomic E-state index is 0.272. The lowest BCUT2D eigenvalue weighted by molar-refractivity contribution is 0.438. The van der Waals surface area contributed by atoms with E-state index < -0.39 is 0 Å². The average molecular weight is 206 g/mol. The van der Waals surface area contributed by atoms with E-state index >= 15 is 0 Å². The van der Waals surface area contributed by atoms with Crippen molar-refractivity contribution in [1.82, 2.24) is 14.9 Å². The highest BCUT2D eigenvalue weighted by Crippen LogP contribution is 2.31. The van der Waals surface area contributed by atoms with Crippen molar-refractivity contribution in [3.8, 4) is 11.4 Å².